The third-order valence-electron chi connectivity index (χ3n) is 6.52. The first-order valence-corrected chi connectivity index (χ1v) is 12.6. The summed E-state index contributed by atoms with van der Waals surface area (Å²) in [5.41, 5.74) is 0.133. The van der Waals surface area contributed by atoms with E-state index < -0.39 is 53.2 Å². The Morgan fingerprint density at radius 1 is 1.05 bits per heavy atom. The predicted molar refractivity (Wildman–Crippen MR) is 146 cm³/mol. The largest absolute Gasteiger partial charge is 0.497 e. The Hall–Kier alpha value is -5.53. The normalized spacial score (nSPS) is 15.0. The lowest BCUT2D eigenvalue weighted by atomic mass is 10.0. The van der Waals surface area contributed by atoms with Crippen LogP contribution in [0.25, 0.3) is 0 Å². The molecule has 218 valence electrons. The Balaban J connectivity index is 1.66. The number of carboxylic acids is 1. The summed E-state index contributed by atoms with van der Waals surface area (Å²) in [6.07, 6.45) is -2.18. The lowest BCUT2D eigenvalue weighted by Crippen LogP contribution is -2.55. The van der Waals surface area contributed by atoms with E-state index in [9.17, 15) is 38.8 Å². The van der Waals surface area contributed by atoms with Crippen molar-refractivity contribution >= 4 is 35.2 Å². The third kappa shape index (κ3) is 6.78. The summed E-state index contributed by atoms with van der Waals surface area (Å²) in [4.78, 5) is 65.0. The van der Waals surface area contributed by atoms with Crippen LogP contribution < -0.4 is 15.4 Å². The van der Waals surface area contributed by atoms with Crippen LogP contribution in [0.15, 0.2) is 72.8 Å². The zero-order valence-electron chi connectivity index (χ0n) is 22.2. The number of nitro benzene ring substituents is 1. The van der Waals surface area contributed by atoms with Gasteiger partial charge in [-0.15, -0.1) is 0 Å². The summed E-state index contributed by atoms with van der Waals surface area (Å²) >= 11 is 0. The lowest BCUT2D eigenvalue weighted by molar-refractivity contribution is -0.384. The molecule has 3 aromatic carbocycles. The highest BCUT2D eigenvalue weighted by molar-refractivity contribution is 6.00. The number of benzene rings is 3. The first-order valence-electron chi connectivity index (χ1n) is 12.6. The molecule has 4 amide bonds. The van der Waals surface area contributed by atoms with Gasteiger partial charge in [0.25, 0.3) is 17.5 Å². The molecule has 4 rings (SSSR count). The molecule has 1 saturated heterocycles. The molecule has 42 heavy (non-hydrogen) atoms. The van der Waals surface area contributed by atoms with Gasteiger partial charge in [-0.05, 0) is 48.0 Å². The van der Waals surface area contributed by atoms with Crippen molar-refractivity contribution in [2.75, 3.05) is 25.5 Å². The van der Waals surface area contributed by atoms with E-state index in [0.717, 1.165) is 21.9 Å². The Morgan fingerprint density at radius 2 is 1.74 bits per heavy atom. The minimum atomic E-state index is -1.54. The molecule has 0 aromatic heterocycles. The molecule has 1 fully saturated rings. The number of hydrogen-bond acceptors (Lipinski definition) is 7. The maximum absolute atomic E-state index is 13.8. The number of ether oxygens (including phenoxy) is 1. The number of methoxy groups -OCH3 is 1. The number of hydrogen-bond donors (Lipinski definition) is 3. The molecule has 3 aromatic rings. The second-order valence-corrected chi connectivity index (χ2v) is 9.25. The van der Waals surface area contributed by atoms with E-state index in [-0.39, 0.29) is 35.6 Å². The van der Waals surface area contributed by atoms with Gasteiger partial charge in [0.05, 0.1) is 24.5 Å². The molecule has 13 nitrogen and oxygen atoms in total. The number of nitrogens with zero attached hydrogens (tertiary/aromatic N) is 3. The molecule has 0 bridgehead atoms. The maximum Gasteiger partial charge on any atom is 0.323 e. The number of halogens is 1. The average Bonchev–Trinajstić information content (AvgIpc) is 3.42. The van der Waals surface area contributed by atoms with Crippen LogP contribution in [-0.4, -0.2) is 70.0 Å². The maximum atomic E-state index is 13.8. The molecule has 0 aliphatic carbocycles. The highest BCUT2D eigenvalue weighted by atomic mass is 19.1. The molecule has 2 unspecified atom stereocenters. The molecule has 1 aliphatic rings. The summed E-state index contributed by atoms with van der Waals surface area (Å²) in [5, 5.41) is 25.8. The van der Waals surface area contributed by atoms with Crippen molar-refractivity contribution in [3.8, 4) is 5.75 Å². The van der Waals surface area contributed by atoms with Gasteiger partial charge >= 0.3 is 12.0 Å². The topological polar surface area (TPSA) is 171 Å². The van der Waals surface area contributed by atoms with Crippen molar-refractivity contribution < 1.29 is 38.3 Å². The molecule has 14 heteroatoms. The Bertz CT molecular complexity index is 1520. The van der Waals surface area contributed by atoms with Gasteiger partial charge in [0, 0.05) is 36.5 Å². The van der Waals surface area contributed by atoms with Crippen LogP contribution in [0.2, 0.25) is 0 Å². The second kappa shape index (κ2) is 12.8. The molecule has 0 saturated carbocycles. The van der Waals surface area contributed by atoms with Gasteiger partial charge in [0.15, 0.2) is 6.17 Å². The fourth-order valence-electron chi connectivity index (χ4n) is 4.53. The summed E-state index contributed by atoms with van der Waals surface area (Å²) in [6.45, 7) is -0.137. The van der Waals surface area contributed by atoms with E-state index in [0.29, 0.717) is 5.75 Å². The minimum absolute atomic E-state index is 0.0556. The number of non-ortho nitro benzene ring substituents is 1. The van der Waals surface area contributed by atoms with Gasteiger partial charge in [0.2, 0.25) is 0 Å². The van der Waals surface area contributed by atoms with Crippen molar-refractivity contribution in [2.24, 2.45) is 0 Å². The van der Waals surface area contributed by atoms with Crippen LogP contribution in [0.5, 0.6) is 5.75 Å². The van der Waals surface area contributed by atoms with Gasteiger partial charge in [-0.1, -0.05) is 18.2 Å². The average molecular weight is 580 g/mol. The quantitative estimate of drug-likeness (QED) is 0.256. The molecule has 2 atom stereocenters. The first-order chi connectivity index (χ1) is 20.1. The molecule has 1 aliphatic heterocycles. The molecular weight excluding hydrogens is 553 g/mol. The third-order valence-corrected chi connectivity index (χ3v) is 6.52. The van der Waals surface area contributed by atoms with Crippen molar-refractivity contribution in [3.63, 3.8) is 0 Å². The number of anilines is 1. The predicted octanol–water partition coefficient (Wildman–Crippen LogP) is 3.39. The van der Waals surface area contributed by atoms with E-state index in [1.807, 2.05) is 0 Å². The standard InChI is InChI=1S/C28H26FN5O8/c1-42-22-10-8-17(9-11-22)27(38)32-12-13-33(28(39)30-20-6-3-5-19(29)15-20)26(32)25(37)31-23(16-24(35)36)18-4-2-7-21(14-18)34(40)41/h2-11,14-15,23,26H,12-13,16H2,1H3,(H,30,39)(H,31,37)(H,35,36). The van der Waals surface area contributed by atoms with Gasteiger partial charge < -0.3 is 25.4 Å². The number of urea groups is 1. The van der Waals surface area contributed by atoms with Gasteiger partial charge in [-0.3, -0.25) is 29.4 Å². The summed E-state index contributed by atoms with van der Waals surface area (Å²) < 4.78 is 18.8. The van der Waals surface area contributed by atoms with Crippen LogP contribution in [0.3, 0.4) is 0 Å². The minimum Gasteiger partial charge on any atom is -0.497 e. The SMILES string of the molecule is COc1ccc(C(=O)N2CCN(C(=O)Nc3cccc(F)c3)C2C(=O)NC(CC(=O)O)c2cccc([N+](=O)[O-])c2)cc1. The van der Waals surface area contributed by atoms with Gasteiger partial charge in [-0.2, -0.15) is 0 Å². The van der Waals surface area contributed by atoms with E-state index in [2.05, 4.69) is 10.6 Å². The number of rotatable bonds is 9. The fourth-order valence-corrected chi connectivity index (χ4v) is 4.53. The van der Waals surface area contributed by atoms with Crippen molar-refractivity contribution in [1.82, 2.24) is 15.1 Å². The fraction of sp³-hybridized carbons (Fsp3) is 0.214. The lowest BCUT2D eigenvalue weighted by Gasteiger charge is -2.31. The van der Waals surface area contributed by atoms with Gasteiger partial charge in [0.1, 0.15) is 11.6 Å². The van der Waals surface area contributed by atoms with E-state index in [1.54, 1.807) is 12.1 Å². The summed E-state index contributed by atoms with van der Waals surface area (Å²) in [6, 6.07) is 14.3. The van der Waals surface area contributed by atoms with Crippen LogP contribution >= 0.6 is 0 Å². The highest BCUT2D eigenvalue weighted by Crippen LogP contribution is 2.25. The van der Waals surface area contributed by atoms with Gasteiger partial charge in [-0.25, -0.2) is 9.18 Å². The highest BCUT2D eigenvalue weighted by Gasteiger charge is 2.44. The molecule has 3 N–H and O–H groups in total. The Kier molecular flexibility index (Phi) is 8.95. The number of aliphatic carboxylic acids is 1. The van der Waals surface area contributed by atoms with E-state index in [1.165, 1.54) is 55.6 Å². The molecule has 1 heterocycles. The summed E-state index contributed by atoms with van der Waals surface area (Å²) in [7, 11) is 1.46. The zero-order valence-corrected chi connectivity index (χ0v) is 22.2. The number of nitro groups is 1. The number of carboxylic acid groups (broad SMARTS) is 1. The number of amides is 4. The van der Waals surface area contributed by atoms with Crippen molar-refractivity contribution in [2.45, 2.75) is 18.6 Å². The first kappa shape index (κ1) is 29.5. The molecular formula is C28H26FN5O8. The van der Waals surface area contributed by atoms with Crippen molar-refractivity contribution in [3.05, 3.63) is 99.9 Å². The number of carbonyl (C=O) groups is 4. The van der Waals surface area contributed by atoms with Crippen LogP contribution in [-0.2, 0) is 9.59 Å². The van der Waals surface area contributed by atoms with Crippen molar-refractivity contribution in [1.29, 1.82) is 0 Å². The van der Waals surface area contributed by atoms with Crippen LogP contribution in [0, 0.1) is 15.9 Å². The smallest absolute Gasteiger partial charge is 0.323 e. The molecule has 0 radical (unpaired) electrons. The van der Waals surface area contributed by atoms with Crippen LogP contribution in [0.1, 0.15) is 28.4 Å². The number of nitrogens with one attached hydrogen (secondary N) is 2. The van der Waals surface area contributed by atoms with E-state index >= 15 is 0 Å². The molecule has 0 spiro atoms. The number of carbonyl (C=O) groups excluding carboxylic acids is 3. The van der Waals surface area contributed by atoms with E-state index in [4.69, 9.17) is 4.74 Å². The Morgan fingerprint density at radius 3 is 2.38 bits per heavy atom. The van der Waals surface area contributed by atoms with Crippen LogP contribution in [0.4, 0.5) is 20.6 Å². The monoisotopic (exact) mass is 579 g/mol. The second-order valence-electron chi connectivity index (χ2n) is 9.25. The zero-order chi connectivity index (χ0) is 30.4. The Labute approximate surface area is 238 Å². The summed E-state index contributed by atoms with van der Waals surface area (Å²) in [5.74, 6) is -2.91.